The summed E-state index contributed by atoms with van der Waals surface area (Å²) in [5.41, 5.74) is 3.63. The Balaban J connectivity index is 1.62. The number of carbonyl (C=O) groups is 2. The summed E-state index contributed by atoms with van der Waals surface area (Å²) in [4.78, 5) is 26.2. The maximum Gasteiger partial charge on any atom is 0.164 e. The van der Waals surface area contributed by atoms with Crippen LogP contribution in [0.25, 0.3) is 0 Å². The summed E-state index contributed by atoms with van der Waals surface area (Å²) in [5.74, 6) is 0.219. The summed E-state index contributed by atoms with van der Waals surface area (Å²) in [6.07, 6.45) is 0.753. The van der Waals surface area contributed by atoms with Crippen molar-refractivity contribution >= 4 is 23.3 Å². The number of benzene rings is 4. The van der Waals surface area contributed by atoms with Gasteiger partial charge in [0.25, 0.3) is 0 Å². The lowest BCUT2D eigenvalue weighted by Crippen LogP contribution is -2.10. The van der Waals surface area contributed by atoms with E-state index in [1.165, 1.54) is 0 Å². The van der Waals surface area contributed by atoms with E-state index in [0.29, 0.717) is 12.8 Å². The van der Waals surface area contributed by atoms with E-state index in [4.69, 9.17) is 0 Å². The molecule has 0 amide bonds. The molecular formula is C30H26O2S. The van der Waals surface area contributed by atoms with Crippen LogP contribution in [0.15, 0.2) is 121 Å². The van der Waals surface area contributed by atoms with Crippen LogP contribution in [-0.2, 0) is 0 Å². The Morgan fingerprint density at radius 3 is 1.12 bits per heavy atom. The lowest BCUT2D eigenvalue weighted by Gasteiger charge is -2.24. The average molecular weight is 451 g/mol. The highest BCUT2D eigenvalue weighted by atomic mass is 32.2. The lowest BCUT2D eigenvalue weighted by molar-refractivity contribution is 0.0976. The molecule has 4 aromatic carbocycles. The van der Waals surface area contributed by atoms with Crippen molar-refractivity contribution in [1.29, 1.82) is 0 Å². The second kappa shape index (κ2) is 11.4. The van der Waals surface area contributed by atoms with Crippen LogP contribution in [0.3, 0.4) is 0 Å². The van der Waals surface area contributed by atoms with Gasteiger partial charge in [-0.2, -0.15) is 0 Å². The zero-order chi connectivity index (χ0) is 22.9. The Hall–Kier alpha value is -3.43. The quantitative estimate of drug-likeness (QED) is 0.232. The molecule has 0 N–H and O–H groups in total. The molecule has 0 aliphatic carbocycles. The summed E-state index contributed by atoms with van der Waals surface area (Å²) >= 11 is 1.70. The molecule has 2 atom stereocenters. The Labute approximate surface area is 199 Å². The Bertz CT molecular complexity index is 1060. The van der Waals surface area contributed by atoms with E-state index < -0.39 is 0 Å². The molecule has 4 rings (SSSR count). The van der Waals surface area contributed by atoms with Crippen molar-refractivity contribution in [3.63, 3.8) is 0 Å². The van der Waals surface area contributed by atoms with Crippen molar-refractivity contribution in [3.05, 3.63) is 144 Å². The van der Waals surface area contributed by atoms with Gasteiger partial charge in [-0.1, -0.05) is 121 Å². The molecule has 0 heterocycles. The van der Waals surface area contributed by atoms with Gasteiger partial charge in [-0.25, -0.2) is 0 Å². The third-order valence-corrected chi connectivity index (χ3v) is 7.14. The molecule has 0 saturated heterocycles. The molecule has 0 aliphatic rings. The maximum absolute atomic E-state index is 13.1. The largest absolute Gasteiger partial charge is 0.294 e. The van der Waals surface area contributed by atoms with Gasteiger partial charge in [0.1, 0.15) is 0 Å². The van der Waals surface area contributed by atoms with Crippen LogP contribution in [0.4, 0.5) is 0 Å². The van der Waals surface area contributed by atoms with Crippen LogP contribution in [0.2, 0.25) is 0 Å². The van der Waals surface area contributed by atoms with E-state index >= 15 is 0 Å². The monoisotopic (exact) mass is 450 g/mol. The van der Waals surface area contributed by atoms with Crippen LogP contribution in [0.1, 0.15) is 55.2 Å². The van der Waals surface area contributed by atoms with Gasteiger partial charge >= 0.3 is 0 Å². The second-order valence-corrected chi connectivity index (χ2v) is 9.33. The molecule has 3 heteroatoms. The van der Waals surface area contributed by atoms with Gasteiger partial charge < -0.3 is 0 Å². The Kier molecular flexibility index (Phi) is 7.89. The van der Waals surface area contributed by atoms with E-state index in [9.17, 15) is 9.59 Å². The zero-order valence-electron chi connectivity index (χ0n) is 18.3. The Morgan fingerprint density at radius 1 is 0.485 bits per heavy atom. The Morgan fingerprint density at radius 2 is 0.788 bits per heavy atom. The SMILES string of the molecule is O=C(CC(SC(CC(=O)c1ccccc1)c1ccccc1)c1ccccc1)c1ccccc1. The number of hydrogen-bond acceptors (Lipinski definition) is 3. The summed E-state index contributed by atoms with van der Waals surface area (Å²) in [5, 5.41) is -0.125. The van der Waals surface area contributed by atoms with Gasteiger partial charge in [-0.3, -0.25) is 9.59 Å². The van der Waals surface area contributed by atoms with Crippen molar-refractivity contribution in [2.24, 2.45) is 0 Å². The highest BCUT2D eigenvalue weighted by molar-refractivity contribution is 7.99. The van der Waals surface area contributed by atoms with E-state index in [0.717, 1.165) is 22.3 Å². The normalized spacial score (nSPS) is 12.6. The maximum atomic E-state index is 13.1. The number of thioether (sulfide) groups is 1. The smallest absolute Gasteiger partial charge is 0.164 e. The van der Waals surface area contributed by atoms with Gasteiger partial charge in [0, 0.05) is 34.5 Å². The van der Waals surface area contributed by atoms with E-state index in [2.05, 4.69) is 24.3 Å². The first kappa shape index (κ1) is 22.8. The second-order valence-electron chi connectivity index (χ2n) is 7.92. The summed E-state index contributed by atoms with van der Waals surface area (Å²) < 4.78 is 0. The minimum absolute atomic E-state index is 0.0623. The van der Waals surface area contributed by atoms with Crippen molar-refractivity contribution in [2.45, 2.75) is 23.3 Å². The fraction of sp³-hybridized carbons (Fsp3) is 0.133. The highest BCUT2D eigenvalue weighted by Crippen LogP contribution is 2.45. The summed E-state index contributed by atoms with van der Waals surface area (Å²) in [6, 6.07) is 39.1. The molecule has 2 nitrogen and oxygen atoms in total. The minimum Gasteiger partial charge on any atom is -0.294 e. The zero-order valence-corrected chi connectivity index (χ0v) is 19.2. The topological polar surface area (TPSA) is 34.1 Å². The minimum atomic E-state index is -0.0623. The first-order valence-corrected chi connectivity index (χ1v) is 12.1. The van der Waals surface area contributed by atoms with Gasteiger partial charge in [0.15, 0.2) is 11.6 Å². The molecule has 0 saturated carbocycles. The molecule has 0 fully saturated rings. The number of hydrogen-bond donors (Lipinski definition) is 0. The molecule has 0 spiro atoms. The van der Waals surface area contributed by atoms with E-state index in [1.54, 1.807) is 11.8 Å². The number of Topliss-reactive ketones (excluding diaryl/α,β-unsaturated/α-hetero) is 2. The predicted octanol–water partition coefficient (Wildman–Crippen LogP) is 7.75. The van der Waals surface area contributed by atoms with Gasteiger partial charge in [-0.15, -0.1) is 11.8 Å². The fourth-order valence-corrected chi connectivity index (χ4v) is 5.36. The van der Waals surface area contributed by atoms with E-state index in [-0.39, 0.29) is 22.1 Å². The van der Waals surface area contributed by atoms with Crippen molar-refractivity contribution in [3.8, 4) is 0 Å². The molecule has 0 bridgehead atoms. The molecule has 0 aromatic heterocycles. The summed E-state index contributed by atoms with van der Waals surface area (Å²) in [6.45, 7) is 0. The third-order valence-electron chi connectivity index (χ3n) is 5.60. The van der Waals surface area contributed by atoms with Crippen LogP contribution in [0, 0.1) is 0 Å². The number of ketones is 2. The standard InChI is InChI=1S/C30H26O2S/c31-27(23-13-5-1-6-14-23)21-29(25-17-9-3-10-18-25)33-30(26-19-11-4-12-20-26)22-28(32)24-15-7-2-8-16-24/h1-20,29-30H,21-22H2. The molecule has 2 unspecified atom stereocenters. The van der Waals surface area contributed by atoms with Crippen molar-refractivity contribution in [1.82, 2.24) is 0 Å². The molecule has 33 heavy (non-hydrogen) atoms. The number of carbonyl (C=O) groups excluding carboxylic acids is 2. The predicted molar refractivity (Wildman–Crippen MR) is 137 cm³/mol. The van der Waals surface area contributed by atoms with Crippen LogP contribution >= 0.6 is 11.8 Å². The molecule has 0 radical (unpaired) electrons. The van der Waals surface area contributed by atoms with Crippen LogP contribution < -0.4 is 0 Å². The van der Waals surface area contributed by atoms with Crippen molar-refractivity contribution in [2.75, 3.05) is 0 Å². The van der Waals surface area contributed by atoms with Gasteiger partial charge in [-0.05, 0) is 11.1 Å². The first-order chi connectivity index (χ1) is 16.2. The fourth-order valence-electron chi connectivity index (χ4n) is 3.84. The third kappa shape index (κ3) is 6.30. The van der Waals surface area contributed by atoms with Crippen LogP contribution in [-0.4, -0.2) is 11.6 Å². The van der Waals surface area contributed by atoms with Gasteiger partial charge in [0.2, 0.25) is 0 Å². The van der Waals surface area contributed by atoms with Crippen LogP contribution in [0.5, 0.6) is 0 Å². The lowest BCUT2D eigenvalue weighted by atomic mass is 10.0. The van der Waals surface area contributed by atoms with Crippen molar-refractivity contribution < 1.29 is 9.59 Å². The van der Waals surface area contributed by atoms with Gasteiger partial charge in [0.05, 0.1) is 0 Å². The first-order valence-electron chi connectivity index (χ1n) is 11.1. The highest BCUT2D eigenvalue weighted by Gasteiger charge is 2.25. The molecule has 0 aliphatic heterocycles. The summed E-state index contributed by atoms with van der Waals surface area (Å²) in [7, 11) is 0. The average Bonchev–Trinajstić information content (AvgIpc) is 2.89. The molecule has 164 valence electrons. The number of rotatable bonds is 10. The molecule has 4 aromatic rings. The van der Waals surface area contributed by atoms with E-state index in [1.807, 2.05) is 97.1 Å². The molecular weight excluding hydrogens is 424 g/mol.